The predicted octanol–water partition coefficient (Wildman–Crippen LogP) is 0.949. The average molecular weight is 304 g/mol. The van der Waals surface area contributed by atoms with Gasteiger partial charge in [0.25, 0.3) is 0 Å². The number of carbonyl (C=O) groups is 2. The molecule has 0 saturated carbocycles. The standard InChI is InChI=1S/C16H24N4O2/c1-11-9-12(18-15(22)16(2,3)17)5-6-13(11)20-8-7-19(4)10-14(20)21/h5-6,9H,7-8,10,17H2,1-4H3,(H,18,22). The van der Waals surface area contributed by atoms with Gasteiger partial charge in [-0.1, -0.05) is 0 Å². The van der Waals surface area contributed by atoms with Gasteiger partial charge in [-0.2, -0.15) is 0 Å². The first-order valence-corrected chi connectivity index (χ1v) is 7.38. The van der Waals surface area contributed by atoms with E-state index < -0.39 is 5.54 Å². The zero-order chi connectivity index (χ0) is 16.5. The Morgan fingerprint density at radius 3 is 2.55 bits per heavy atom. The summed E-state index contributed by atoms with van der Waals surface area (Å²) in [5.74, 6) is -0.146. The molecular weight excluding hydrogens is 280 g/mol. The molecule has 1 aliphatic heterocycles. The molecule has 1 saturated heterocycles. The number of amides is 2. The van der Waals surface area contributed by atoms with E-state index >= 15 is 0 Å². The van der Waals surface area contributed by atoms with Crippen molar-refractivity contribution >= 4 is 23.2 Å². The molecule has 120 valence electrons. The number of anilines is 2. The third kappa shape index (κ3) is 3.64. The number of hydrogen-bond acceptors (Lipinski definition) is 4. The van der Waals surface area contributed by atoms with E-state index in [0.717, 1.165) is 17.8 Å². The second-order valence-corrected chi connectivity index (χ2v) is 6.46. The van der Waals surface area contributed by atoms with E-state index in [0.29, 0.717) is 18.8 Å². The first-order chi connectivity index (χ1) is 10.2. The van der Waals surface area contributed by atoms with Crippen LogP contribution in [-0.2, 0) is 9.59 Å². The number of benzene rings is 1. The van der Waals surface area contributed by atoms with Crippen LogP contribution in [0.15, 0.2) is 18.2 Å². The van der Waals surface area contributed by atoms with Crippen molar-refractivity contribution in [2.24, 2.45) is 5.73 Å². The van der Waals surface area contributed by atoms with Crippen LogP contribution in [0.2, 0.25) is 0 Å². The summed E-state index contributed by atoms with van der Waals surface area (Å²) < 4.78 is 0. The summed E-state index contributed by atoms with van der Waals surface area (Å²) in [6.07, 6.45) is 0. The Labute approximate surface area is 131 Å². The molecule has 0 aromatic heterocycles. The summed E-state index contributed by atoms with van der Waals surface area (Å²) in [7, 11) is 1.94. The SMILES string of the molecule is Cc1cc(NC(=O)C(C)(C)N)ccc1N1CCN(C)CC1=O. The smallest absolute Gasteiger partial charge is 0.243 e. The molecule has 1 aliphatic rings. The Kier molecular flexibility index (Phi) is 4.53. The van der Waals surface area contributed by atoms with Gasteiger partial charge >= 0.3 is 0 Å². The Hall–Kier alpha value is -1.92. The van der Waals surface area contributed by atoms with Gasteiger partial charge in [0.15, 0.2) is 0 Å². The van der Waals surface area contributed by atoms with Gasteiger partial charge in [-0.3, -0.25) is 14.5 Å². The molecule has 0 radical (unpaired) electrons. The van der Waals surface area contributed by atoms with Crippen molar-refractivity contribution in [3.63, 3.8) is 0 Å². The minimum atomic E-state index is -0.931. The molecule has 6 heteroatoms. The molecule has 0 spiro atoms. The van der Waals surface area contributed by atoms with Crippen molar-refractivity contribution in [1.82, 2.24) is 4.90 Å². The lowest BCUT2D eigenvalue weighted by molar-refractivity contribution is -0.121. The van der Waals surface area contributed by atoms with Gasteiger partial charge in [0.1, 0.15) is 0 Å². The third-order valence-electron chi connectivity index (χ3n) is 3.74. The van der Waals surface area contributed by atoms with E-state index in [-0.39, 0.29) is 11.8 Å². The molecule has 1 heterocycles. The lowest BCUT2D eigenvalue weighted by atomic mass is 10.1. The first kappa shape index (κ1) is 16.5. The van der Waals surface area contributed by atoms with Gasteiger partial charge in [-0.15, -0.1) is 0 Å². The first-order valence-electron chi connectivity index (χ1n) is 7.38. The Morgan fingerprint density at radius 2 is 2.00 bits per heavy atom. The number of rotatable bonds is 3. The maximum Gasteiger partial charge on any atom is 0.243 e. The van der Waals surface area contributed by atoms with Crippen molar-refractivity contribution in [1.29, 1.82) is 0 Å². The van der Waals surface area contributed by atoms with Crippen molar-refractivity contribution in [3.8, 4) is 0 Å². The maximum absolute atomic E-state index is 12.1. The van der Waals surface area contributed by atoms with E-state index in [9.17, 15) is 9.59 Å². The van der Waals surface area contributed by atoms with Gasteiger partial charge in [-0.25, -0.2) is 0 Å². The quantitative estimate of drug-likeness (QED) is 0.871. The van der Waals surface area contributed by atoms with Crippen LogP contribution in [0.3, 0.4) is 0 Å². The molecule has 0 unspecified atom stereocenters. The van der Waals surface area contributed by atoms with E-state index in [1.54, 1.807) is 24.8 Å². The summed E-state index contributed by atoms with van der Waals surface area (Å²) in [5.41, 5.74) is 7.37. The summed E-state index contributed by atoms with van der Waals surface area (Å²) >= 11 is 0. The van der Waals surface area contributed by atoms with E-state index in [1.807, 2.05) is 31.0 Å². The maximum atomic E-state index is 12.1. The molecule has 3 N–H and O–H groups in total. The lowest BCUT2D eigenvalue weighted by Crippen LogP contribution is -2.49. The third-order valence-corrected chi connectivity index (χ3v) is 3.74. The highest BCUT2D eigenvalue weighted by Gasteiger charge is 2.25. The number of likely N-dealkylation sites (N-methyl/N-ethyl adjacent to an activating group) is 1. The molecule has 2 rings (SSSR count). The fourth-order valence-corrected chi connectivity index (χ4v) is 2.37. The zero-order valence-corrected chi connectivity index (χ0v) is 13.6. The van der Waals surface area contributed by atoms with Crippen LogP contribution >= 0.6 is 0 Å². The Morgan fingerprint density at radius 1 is 1.32 bits per heavy atom. The highest BCUT2D eigenvalue weighted by molar-refractivity contribution is 5.99. The van der Waals surface area contributed by atoms with Crippen molar-refractivity contribution in [3.05, 3.63) is 23.8 Å². The summed E-state index contributed by atoms with van der Waals surface area (Å²) in [6.45, 7) is 7.21. The van der Waals surface area contributed by atoms with Gasteiger partial charge in [0.05, 0.1) is 12.1 Å². The van der Waals surface area contributed by atoms with E-state index in [2.05, 4.69) is 5.32 Å². The van der Waals surface area contributed by atoms with Crippen LogP contribution in [0.25, 0.3) is 0 Å². The fourth-order valence-electron chi connectivity index (χ4n) is 2.37. The molecule has 1 fully saturated rings. The number of piperazine rings is 1. The second kappa shape index (κ2) is 6.06. The fraction of sp³-hybridized carbons (Fsp3) is 0.500. The topological polar surface area (TPSA) is 78.7 Å². The van der Waals surface area contributed by atoms with Crippen LogP contribution in [-0.4, -0.2) is 48.9 Å². The Bertz CT molecular complexity index is 592. The van der Waals surface area contributed by atoms with E-state index in [4.69, 9.17) is 5.73 Å². The van der Waals surface area contributed by atoms with Crippen LogP contribution in [0.5, 0.6) is 0 Å². The van der Waals surface area contributed by atoms with Gasteiger partial charge in [-0.05, 0) is 51.6 Å². The number of nitrogens with one attached hydrogen (secondary N) is 1. The number of hydrogen-bond donors (Lipinski definition) is 2. The molecular formula is C16H24N4O2. The summed E-state index contributed by atoms with van der Waals surface area (Å²) in [5, 5.41) is 2.80. The lowest BCUT2D eigenvalue weighted by Gasteiger charge is -2.33. The number of nitrogens with two attached hydrogens (primary N) is 1. The highest BCUT2D eigenvalue weighted by Crippen LogP contribution is 2.25. The zero-order valence-electron chi connectivity index (χ0n) is 13.6. The van der Waals surface area contributed by atoms with Gasteiger partial charge < -0.3 is 16.0 Å². The van der Waals surface area contributed by atoms with Crippen molar-refractivity contribution < 1.29 is 9.59 Å². The van der Waals surface area contributed by atoms with Crippen LogP contribution in [0.4, 0.5) is 11.4 Å². The van der Waals surface area contributed by atoms with E-state index in [1.165, 1.54) is 0 Å². The van der Waals surface area contributed by atoms with Gasteiger partial charge in [0.2, 0.25) is 11.8 Å². The normalized spacial score (nSPS) is 16.8. The minimum Gasteiger partial charge on any atom is -0.324 e. The highest BCUT2D eigenvalue weighted by atomic mass is 16.2. The summed E-state index contributed by atoms with van der Waals surface area (Å²) in [4.78, 5) is 27.9. The van der Waals surface area contributed by atoms with Crippen LogP contribution in [0.1, 0.15) is 19.4 Å². The largest absolute Gasteiger partial charge is 0.324 e. The molecule has 22 heavy (non-hydrogen) atoms. The molecule has 1 aromatic carbocycles. The Balaban J connectivity index is 2.16. The number of nitrogens with zero attached hydrogens (tertiary/aromatic N) is 2. The molecule has 1 aromatic rings. The molecule has 0 atom stereocenters. The number of carbonyl (C=O) groups excluding carboxylic acids is 2. The molecule has 2 amide bonds. The molecule has 6 nitrogen and oxygen atoms in total. The molecule has 0 bridgehead atoms. The molecule has 0 aliphatic carbocycles. The average Bonchev–Trinajstić information content (AvgIpc) is 2.39. The van der Waals surface area contributed by atoms with Crippen LogP contribution in [0, 0.1) is 6.92 Å². The monoisotopic (exact) mass is 304 g/mol. The van der Waals surface area contributed by atoms with Crippen molar-refractivity contribution in [2.45, 2.75) is 26.3 Å². The van der Waals surface area contributed by atoms with Crippen molar-refractivity contribution in [2.75, 3.05) is 36.9 Å². The predicted molar refractivity (Wildman–Crippen MR) is 87.9 cm³/mol. The second-order valence-electron chi connectivity index (χ2n) is 6.46. The minimum absolute atomic E-state index is 0.0942. The number of aryl methyl sites for hydroxylation is 1. The van der Waals surface area contributed by atoms with Gasteiger partial charge in [0, 0.05) is 24.5 Å². The van der Waals surface area contributed by atoms with Crippen LogP contribution < -0.4 is 16.0 Å². The summed E-state index contributed by atoms with van der Waals surface area (Å²) in [6, 6.07) is 5.54.